The van der Waals surface area contributed by atoms with Gasteiger partial charge in [-0.2, -0.15) is 4.31 Å². The van der Waals surface area contributed by atoms with Crippen LogP contribution in [0.3, 0.4) is 0 Å². The highest BCUT2D eigenvalue weighted by atomic mass is 35.5. The predicted octanol–water partition coefficient (Wildman–Crippen LogP) is 4.80. The first-order valence-corrected chi connectivity index (χ1v) is 12.7. The highest BCUT2D eigenvalue weighted by molar-refractivity contribution is 7.89. The molecule has 4 rings (SSSR count). The molecule has 156 valence electrons. The van der Waals surface area contributed by atoms with Gasteiger partial charge in [-0.05, 0) is 61.2 Å². The molecule has 1 amide bonds. The average Bonchev–Trinajstić information content (AvgIpc) is 3.39. The van der Waals surface area contributed by atoms with Crippen molar-refractivity contribution in [3.63, 3.8) is 0 Å². The molecule has 5 nitrogen and oxygen atoms in total. The van der Waals surface area contributed by atoms with E-state index in [1.807, 2.05) is 16.3 Å². The molecular formula is C21H25ClN2O3S2. The zero-order chi connectivity index (χ0) is 20.6. The van der Waals surface area contributed by atoms with Crippen LogP contribution in [0, 0.1) is 5.92 Å². The molecule has 1 aromatic heterocycles. The summed E-state index contributed by atoms with van der Waals surface area (Å²) in [6.45, 7) is 3.72. The smallest absolute Gasteiger partial charge is 0.254 e. The molecule has 2 atom stereocenters. The van der Waals surface area contributed by atoms with E-state index in [0.29, 0.717) is 31.1 Å². The molecule has 0 N–H and O–H groups in total. The van der Waals surface area contributed by atoms with E-state index in [1.54, 1.807) is 17.4 Å². The number of carbonyl (C=O) groups excluding carboxylic acids is 1. The normalized spacial score (nSPS) is 23.4. The maximum absolute atomic E-state index is 13.3. The van der Waals surface area contributed by atoms with Gasteiger partial charge in [0.15, 0.2) is 0 Å². The molecule has 2 unspecified atom stereocenters. The Hall–Kier alpha value is -1.41. The second kappa shape index (κ2) is 8.38. The third-order valence-corrected chi connectivity index (χ3v) is 9.12. The number of thiophene rings is 1. The van der Waals surface area contributed by atoms with E-state index in [-0.39, 0.29) is 21.9 Å². The lowest BCUT2D eigenvalue weighted by Crippen LogP contribution is -2.39. The maximum Gasteiger partial charge on any atom is 0.254 e. The molecule has 2 aliphatic rings. The molecule has 29 heavy (non-hydrogen) atoms. The molecule has 2 saturated heterocycles. The first kappa shape index (κ1) is 20.8. The number of rotatable bonds is 4. The van der Waals surface area contributed by atoms with Crippen LogP contribution in [0.25, 0.3) is 0 Å². The lowest BCUT2D eigenvalue weighted by molar-refractivity contribution is 0.0737. The van der Waals surface area contributed by atoms with E-state index in [1.165, 1.54) is 21.3 Å². The van der Waals surface area contributed by atoms with Gasteiger partial charge in [0.25, 0.3) is 5.91 Å². The molecule has 0 radical (unpaired) electrons. The molecule has 0 saturated carbocycles. The van der Waals surface area contributed by atoms with Gasteiger partial charge in [-0.25, -0.2) is 8.42 Å². The monoisotopic (exact) mass is 452 g/mol. The van der Waals surface area contributed by atoms with Crippen molar-refractivity contribution < 1.29 is 13.2 Å². The number of benzene rings is 1. The van der Waals surface area contributed by atoms with Crippen LogP contribution in [0.1, 0.15) is 53.9 Å². The standard InChI is InChI=1S/C21H25ClN2O3S2/c1-15-5-2-10-23(14-15)29(26,27)20-13-16(8-9-17(20)22)21(25)24-11-3-6-18(24)19-7-4-12-28-19/h4,7-9,12-13,15,18H,2-3,5-6,10-11,14H2,1H3. The number of nitrogens with zero attached hydrogens (tertiary/aromatic N) is 2. The van der Waals surface area contributed by atoms with Gasteiger partial charge in [-0.1, -0.05) is 24.6 Å². The predicted molar refractivity (Wildman–Crippen MR) is 116 cm³/mol. The number of piperidine rings is 1. The van der Waals surface area contributed by atoms with Crippen LogP contribution in [0.15, 0.2) is 40.6 Å². The molecule has 2 fully saturated rings. The number of likely N-dealkylation sites (tertiary alicyclic amines) is 1. The van der Waals surface area contributed by atoms with Crippen molar-refractivity contribution in [2.24, 2.45) is 5.92 Å². The number of carbonyl (C=O) groups is 1. The van der Waals surface area contributed by atoms with Crippen LogP contribution < -0.4 is 0 Å². The minimum absolute atomic E-state index is 0.0333. The van der Waals surface area contributed by atoms with Gasteiger partial charge in [0, 0.05) is 30.1 Å². The van der Waals surface area contributed by atoms with E-state index in [0.717, 1.165) is 25.7 Å². The zero-order valence-electron chi connectivity index (χ0n) is 16.4. The van der Waals surface area contributed by atoms with Crippen LogP contribution in [-0.4, -0.2) is 43.2 Å². The lowest BCUT2D eigenvalue weighted by Gasteiger charge is -2.30. The van der Waals surface area contributed by atoms with Crippen molar-refractivity contribution in [1.29, 1.82) is 0 Å². The Kier molecular flexibility index (Phi) is 6.02. The van der Waals surface area contributed by atoms with Crippen LogP contribution in [0.4, 0.5) is 0 Å². The summed E-state index contributed by atoms with van der Waals surface area (Å²) in [5.41, 5.74) is 0.376. The fraction of sp³-hybridized carbons (Fsp3) is 0.476. The molecule has 8 heteroatoms. The van der Waals surface area contributed by atoms with Crippen molar-refractivity contribution in [3.05, 3.63) is 51.2 Å². The molecular weight excluding hydrogens is 428 g/mol. The minimum atomic E-state index is -3.73. The van der Waals surface area contributed by atoms with Gasteiger partial charge in [0.2, 0.25) is 10.0 Å². The second-order valence-electron chi connectivity index (χ2n) is 7.93. The van der Waals surface area contributed by atoms with Crippen molar-refractivity contribution in [2.75, 3.05) is 19.6 Å². The highest BCUT2D eigenvalue weighted by Crippen LogP contribution is 2.36. The lowest BCUT2D eigenvalue weighted by atomic mass is 10.0. The van der Waals surface area contributed by atoms with Crippen molar-refractivity contribution >= 4 is 38.9 Å². The number of hydrogen-bond acceptors (Lipinski definition) is 4. The summed E-state index contributed by atoms with van der Waals surface area (Å²) < 4.78 is 27.9. The number of halogens is 1. The van der Waals surface area contributed by atoms with E-state index < -0.39 is 10.0 Å². The Labute approximate surface area is 181 Å². The minimum Gasteiger partial charge on any atom is -0.331 e. The summed E-state index contributed by atoms with van der Waals surface area (Å²) in [7, 11) is -3.73. The van der Waals surface area contributed by atoms with Crippen LogP contribution in [0.5, 0.6) is 0 Å². The number of amides is 1. The Balaban J connectivity index is 1.64. The third-order valence-electron chi connectivity index (χ3n) is 5.80. The fourth-order valence-corrected chi connectivity index (χ4v) is 7.26. The van der Waals surface area contributed by atoms with Crippen molar-refractivity contribution in [2.45, 2.75) is 43.5 Å². The first-order valence-electron chi connectivity index (χ1n) is 10.0. The highest BCUT2D eigenvalue weighted by Gasteiger charge is 2.34. The van der Waals surface area contributed by atoms with E-state index >= 15 is 0 Å². The Morgan fingerprint density at radius 2 is 1.97 bits per heavy atom. The van der Waals surface area contributed by atoms with Crippen LogP contribution in [-0.2, 0) is 10.0 Å². The molecule has 0 bridgehead atoms. The average molecular weight is 453 g/mol. The SMILES string of the molecule is CC1CCCN(S(=O)(=O)c2cc(C(=O)N3CCCC3c3cccs3)ccc2Cl)C1. The second-order valence-corrected chi connectivity index (χ2v) is 11.2. The third kappa shape index (κ3) is 4.10. The van der Waals surface area contributed by atoms with Gasteiger partial charge in [-0.15, -0.1) is 11.3 Å². The molecule has 0 spiro atoms. The molecule has 3 heterocycles. The number of hydrogen-bond donors (Lipinski definition) is 0. The summed E-state index contributed by atoms with van der Waals surface area (Å²) in [4.78, 5) is 16.3. The van der Waals surface area contributed by atoms with Crippen molar-refractivity contribution in [1.82, 2.24) is 9.21 Å². The zero-order valence-corrected chi connectivity index (χ0v) is 18.8. The van der Waals surface area contributed by atoms with Crippen molar-refractivity contribution in [3.8, 4) is 0 Å². The summed E-state index contributed by atoms with van der Waals surface area (Å²) in [6, 6.07) is 8.73. The molecule has 0 aliphatic carbocycles. The fourth-order valence-electron chi connectivity index (χ4n) is 4.29. The summed E-state index contributed by atoms with van der Waals surface area (Å²) in [6.07, 6.45) is 3.74. The van der Waals surface area contributed by atoms with Gasteiger partial charge in [0.1, 0.15) is 4.90 Å². The van der Waals surface area contributed by atoms with Gasteiger partial charge >= 0.3 is 0 Å². The number of sulfonamides is 1. The quantitative estimate of drug-likeness (QED) is 0.669. The largest absolute Gasteiger partial charge is 0.331 e. The van der Waals surface area contributed by atoms with Gasteiger partial charge in [-0.3, -0.25) is 4.79 Å². The van der Waals surface area contributed by atoms with Crippen LogP contribution in [0.2, 0.25) is 5.02 Å². The molecule has 2 aromatic rings. The molecule has 2 aliphatic heterocycles. The van der Waals surface area contributed by atoms with Gasteiger partial charge in [0.05, 0.1) is 11.1 Å². The Morgan fingerprint density at radius 3 is 2.69 bits per heavy atom. The topological polar surface area (TPSA) is 57.7 Å². The van der Waals surface area contributed by atoms with E-state index in [4.69, 9.17) is 11.6 Å². The van der Waals surface area contributed by atoms with E-state index in [2.05, 4.69) is 13.0 Å². The van der Waals surface area contributed by atoms with Crippen LogP contribution >= 0.6 is 22.9 Å². The Morgan fingerprint density at radius 1 is 1.17 bits per heavy atom. The maximum atomic E-state index is 13.3. The summed E-state index contributed by atoms with van der Waals surface area (Å²) >= 11 is 7.93. The molecule has 1 aromatic carbocycles. The summed E-state index contributed by atoms with van der Waals surface area (Å²) in [5, 5.41) is 2.18. The first-order chi connectivity index (χ1) is 13.9. The van der Waals surface area contributed by atoms with E-state index in [9.17, 15) is 13.2 Å². The Bertz CT molecular complexity index is 991. The van der Waals surface area contributed by atoms with Gasteiger partial charge < -0.3 is 4.90 Å². The summed E-state index contributed by atoms with van der Waals surface area (Å²) in [5.74, 6) is 0.180.